The number of ether oxygens (including phenoxy) is 1. The van der Waals surface area contributed by atoms with Crippen molar-refractivity contribution in [2.75, 3.05) is 19.6 Å². The van der Waals surface area contributed by atoms with Gasteiger partial charge in [0.1, 0.15) is 5.75 Å². The first-order valence-electron chi connectivity index (χ1n) is 31.7. The van der Waals surface area contributed by atoms with Gasteiger partial charge in [-0.15, -0.1) is 0 Å². The Morgan fingerprint density at radius 2 is 0.802 bits per heavy atom. The first kappa shape index (κ1) is 51.6. The maximum Gasteiger partial charge on any atom is 0.252 e. The third kappa shape index (κ3) is 7.51. The molecular weight excluding hydrogens is 1100 g/mol. The number of hydrogen-bond donors (Lipinski definition) is 0. The molecule has 1 unspecified atom stereocenters. The monoisotopic (exact) mass is 1160 g/mol. The average Bonchev–Trinajstić information content (AvgIpc) is 1.58. The summed E-state index contributed by atoms with van der Waals surface area (Å²) in [5.74, 6) is 1.86. The highest BCUT2D eigenvalue weighted by atomic mass is 16.5. The molecule has 426 valence electrons. The standard InChI is InChI=1S/C83H57B2N5O/c1-53-48-54(2)91-76-52-75-80-82(77(53)76)88(59-36-17-7-18-37-59)69-46-25-22-43-64(69)84(80)66-49-67-72(50-71(66)87(75)58-34-15-6-16-35-58)90(81-61(55-28-9-3-10-29-55)41-27-42-62(81)56-30-11-4-12-31-56)74-51-73-78(63-40-21-24-45-68(63)86(73)57-32-13-5-14-33-57)83-79(74)85(67)65-44-23-26-47-70(65)89(83)60-38-19-8-20-39-60/h3-53H,1-2H3. The van der Waals surface area contributed by atoms with Gasteiger partial charge in [0.15, 0.2) is 0 Å². The lowest BCUT2D eigenvalue weighted by Crippen LogP contribution is -2.65. The average molecular weight is 1160 g/mol. The maximum absolute atomic E-state index is 7.04. The summed E-state index contributed by atoms with van der Waals surface area (Å²) in [6.07, 6.45) is 2.29. The van der Waals surface area contributed by atoms with E-state index in [-0.39, 0.29) is 19.3 Å². The molecule has 1 aromatic heterocycles. The lowest BCUT2D eigenvalue weighted by Gasteiger charge is -2.48. The van der Waals surface area contributed by atoms with Gasteiger partial charge < -0.3 is 28.9 Å². The molecule has 0 amide bonds. The Morgan fingerprint density at radius 1 is 0.341 bits per heavy atom. The quantitative estimate of drug-likeness (QED) is 0.148. The highest BCUT2D eigenvalue weighted by Gasteiger charge is 2.51. The van der Waals surface area contributed by atoms with Gasteiger partial charge in [-0.25, -0.2) is 0 Å². The van der Waals surface area contributed by atoms with E-state index in [2.05, 4.69) is 341 Å². The molecule has 1 atom stereocenters. The summed E-state index contributed by atoms with van der Waals surface area (Å²) in [5, 5.41) is 2.41. The molecule has 8 heteroatoms. The van der Waals surface area contributed by atoms with E-state index in [9.17, 15) is 0 Å². The molecule has 0 saturated heterocycles. The van der Waals surface area contributed by atoms with Crippen LogP contribution in [0.2, 0.25) is 0 Å². The second kappa shape index (κ2) is 20.0. The summed E-state index contributed by atoms with van der Waals surface area (Å²) < 4.78 is 9.55. The normalized spacial score (nSPS) is 14.6. The Morgan fingerprint density at radius 3 is 1.38 bits per heavy atom. The molecule has 0 N–H and O–H groups in total. The van der Waals surface area contributed by atoms with Crippen LogP contribution in [0.3, 0.4) is 0 Å². The zero-order valence-corrected chi connectivity index (χ0v) is 50.2. The van der Waals surface area contributed by atoms with Gasteiger partial charge in [0.2, 0.25) is 0 Å². The minimum Gasteiger partial charge on any atom is -0.462 e. The van der Waals surface area contributed by atoms with Crippen LogP contribution in [0, 0.1) is 0 Å². The first-order chi connectivity index (χ1) is 45.1. The number of nitrogens with zero attached hydrogens (tertiary/aromatic N) is 5. The number of allylic oxidation sites excluding steroid dienone is 2. The number of aromatic nitrogens is 1. The maximum atomic E-state index is 7.04. The van der Waals surface area contributed by atoms with Crippen LogP contribution in [0.15, 0.2) is 309 Å². The zero-order valence-electron chi connectivity index (χ0n) is 50.2. The SMILES string of the molecule is CC1=CC(C)c2c(cc3c4c2N(c2ccccc2)c2ccccc2B4c2cc4c(cc2N3c2ccccc2)N(c2c(-c3ccccc3)cccc2-c2ccccc2)c2cc3c(c5c2B4c2ccccc2N5c2ccccc2)c2ccccc2n3-c2ccccc2)O1. The van der Waals surface area contributed by atoms with Crippen molar-refractivity contribution in [2.45, 2.75) is 19.8 Å². The van der Waals surface area contributed by atoms with Crippen LogP contribution in [0.5, 0.6) is 5.75 Å². The predicted molar refractivity (Wildman–Crippen MR) is 382 cm³/mol. The molecule has 0 radical (unpaired) electrons. The van der Waals surface area contributed by atoms with Crippen molar-refractivity contribution < 1.29 is 4.74 Å². The zero-order chi connectivity index (χ0) is 60.0. The Hall–Kier alpha value is -11.5. The fraction of sp³-hybridized carbons (Fsp3) is 0.0361. The number of fused-ring (bicyclic) bond motifs is 14. The Kier molecular flexibility index (Phi) is 11.3. The molecule has 0 spiro atoms. The molecule has 0 bridgehead atoms. The molecule has 0 saturated carbocycles. The summed E-state index contributed by atoms with van der Waals surface area (Å²) in [4.78, 5) is 10.4. The molecule has 6 heterocycles. The molecule has 5 aliphatic heterocycles. The van der Waals surface area contributed by atoms with Gasteiger partial charge in [-0.1, -0.05) is 219 Å². The van der Waals surface area contributed by atoms with Gasteiger partial charge in [-0.2, -0.15) is 0 Å². The van der Waals surface area contributed by atoms with Crippen molar-refractivity contribution in [3.63, 3.8) is 0 Å². The van der Waals surface area contributed by atoms with E-state index < -0.39 is 0 Å². The highest BCUT2D eigenvalue weighted by Crippen LogP contribution is 2.56. The predicted octanol–water partition coefficient (Wildman–Crippen LogP) is 17.7. The fourth-order valence-corrected chi connectivity index (χ4v) is 16.3. The van der Waals surface area contributed by atoms with Crippen LogP contribution in [0.1, 0.15) is 25.3 Å². The lowest BCUT2D eigenvalue weighted by atomic mass is 9.30. The Bertz CT molecular complexity index is 5270. The Balaban J connectivity index is 1.02. The van der Waals surface area contributed by atoms with E-state index in [0.29, 0.717) is 0 Å². The second-order valence-corrected chi connectivity index (χ2v) is 24.7. The van der Waals surface area contributed by atoms with E-state index in [1.807, 2.05) is 0 Å². The third-order valence-corrected chi connectivity index (χ3v) is 19.7. The van der Waals surface area contributed by atoms with Crippen LogP contribution in [0.25, 0.3) is 49.7 Å². The minimum absolute atomic E-state index is 0.0687. The number of benzene rings is 13. The summed E-state index contributed by atoms with van der Waals surface area (Å²) in [5.41, 5.74) is 30.2. The summed E-state index contributed by atoms with van der Waals surface area (Å²) >= 11 is 0. The van der Waals surface area contributed by atoms with E-state index in [4.69, 9.17) is 4.74 Å². The molecular formula is C83H57B2N5O. The van der Waals surface area contributed by atoms with E-state index in [1.165, 1.54) is 60.5 Å². The fourth-order valence-electron chi connectivity index (χ4n) is 16.3. The van der Waals surface area contributed by atoms with E-state index in [0.717, 1.165) is 107 Å². The van der Waals surface area contributed by atoms with Gasteiger partial charge in [0, 0.05) is 96.3 Å². The topological polar surface area (TPSA) is 27.1 Å². The van der Waals surface area contributed by atoms with Crippen molar-refractivity contribution in [1.82, 2.24) is 4.57 Å². The van der Waals surface area contributed by atoms with Crippen molar-refractivity contribution in [3.8, 4) is 33.7 Å². The van der Waals surface area contributed by atoms with E-state index >= 15 is 0 Å². The number of rotatable bonds is 7. The van der Waals surface area contributed by atoms with Crippen molar-refractivity contribution in [3.05, 3.63) is 315 Å². The lowest BCUT2D eigenvalue weighted by molar-refractivity contribution is 0.405. The van der Waals surface area contributed by atoms with Gasteiger partial charge >= 0.3 is 0 Å². The largest absolute Gasteiger partial charge is 0.462 e. The third-order valence-electron chi connectivity index (χ3n) is 19.7. The summed E-state index contributed by atoms with van der Waals surface area (Å²) in [6, 6.07) is 111. The van der Waals surface area contributed by atoms with Crippen LogP contribution in [-0.2, 0) is 0 Å². The van der Waals surface area contributed by atoms with Crippen LogP contribution < -0.4 is 57.1 Å². The molecule has 6 nitrogen and oxygen atoms in total. The minimum atomic E-state index is -0.222. The van der Waals surface area contributed by atoms with Crippen LogP contribution in [-0.4, -0.2) is 18.0 Å². The number of para-hydroxylation sites is 8. The van der Waals surface area contributed by atoms with Gasteiger partial charge in [-0.05, 0) is 136 Å². The first-order valence-corrected chi connectivity index (χ1v) is 31.7. The van der Waals surface area contributed by atoms with Crippen molar-refractivity contribution in [1.29, 1.82) is 0 Å². The number of anilines is 12. The van der Waals surface area contributed by atoms with Crippen LogP contribution in [0.4, 0.5) is 68.2 Å². The molecule has 5 aliphatic rings. The van der Waals surface area contributed by atoms with Gasteiger partial charge in [0.25, 0.3) is 13.4 Å². The number of hydrogen-bond acceptors (Lipinski definition) is 5. The van der Waals surface area contributed by atoms with Gasteiger partial charge in [0.05, 0.1) is 33.9 Å². The summed E-state index contributed by atoms with van der Waals surface area (Å²) in [7, 11) is 0. The van der Waals surface area contributed by atoms with Crippen molar-refractivity contribution in [2.24, 2.45) is 0 Å². The molecule has 19 rings (SSSR count). The molecule has 0 fully saturated rings. The molecule has 14 aromatic rings. The smallest absolute Gasteiger partial charge is 0.252 e. The van der Waals surface area contributed by atoms with Crippen LogP contribution >= 0.6 is 0 Å². The van der Waals surface area contributed by atoms with Crippen molar-refractivity contribution >= 4 is 136 Å². The van der Waals surface area contributed by atoms with Gasteiger partial charge in [-0.3, -0.25) is 0 Å². The van der Waals surface area contributed by atoms with E-state index in [1.54, 1.807) is 0 Å². The molecule has 91 heavy (non-hydrogen) atoms. The molecule has 0 aliphatic carbocycles. The summed E-state index contributed by atoms with van der Waals surface area (Å²) in [6.45, 7) is 4.03. The molecule has 13 aromatic carbocycles. The Labute approximate surface area is 530 Å². The second-order valence-electron chi connectivity index (χ2n) is 24.7. The highest BCUT2D eigenvalue weighted by molar-refractivity contribution is 7.03.